The summed E-state index contributed by atoms with van der Waals surface area (Å²) in [6.45, 7) is 1.29. The third kappa shape index (κ3) is 4.12. The Labute approximate surface area is 169 Å². The molecule has 0 saturated heterocycles. The molecule has 0 saturated carbocycles. The first-order valence-corrected chi connectivity index (χ1v) is 10.7. The molecule has 4 rings (SSSR count). The van der Waals surface area contributed by atoms with Gasteiger partial charge in [0.05, 0.1) is 17.9 Å². The van der Waals surface area contributed by atoms with Crippen molar-refractivity contribution < 1.29 is 9.59 Å². The van der Waals surface area contributed by atoms with Crippen LogP contribution in [0.5, 0.6) is 0 Å². The molecule has 2 aromatic carbocycles. The Bertz CT molecular complexity index is 898. The minimum absolute atomic E-state index is 0.00904. The normalized spacial score (nSPS) is 16.4. The summed E-state index contributed by atoms with van der Waals surface area (Å²) in [5.74, 6) is 0.927. The molecule has 0 aromatic heterocycles. The zero-order valence-electron chi connectivity index (χ0n) is 15.7. The number of carbonyl (C=O) groups excluding carboxylic acids is 2. The Morgan fingerprint density at radius 1 is 0.929 bits per heavy atom. The van der Waals surface area contributed by atoms with Crippen molar-refractivity contribution in [2.75, 3.05) is 23.7 Å². The van der Waals surface area contributed by atoms with E-state index in [1.165, 1.54) is 5.01 Å². The van der Waals surface area contributed by atoms with Gasteiger partial charge in [0.15, 0.2) is 0 Å². The first-order valence-electron chi connectivity index (χ1n) is 9.68. The maximum Gasteiger partial charge on any atom is 0.243 e. The molecule has 2 aliphatic rings. The molecule has 0 N–H and O–H groups in total. The van der Waals surface area contributed by atoms with Crippen LogP contribution in [0.2, 0.25) is 0 Å². The monoisotopic (exact) mass is 393 g/mol. The van der Waals surface area contributed by atoms with Crippen LogP contribution in [0.4, 0.5) is 5.69 Å². The second-order valence-electron chi connectivity index (χ2n) is 6.89. The Morgan fingerprint density at radius 3 is 2.54 bits per heavy atom. The molecule has 0 atom stereocenters. The van der Waals surface area contributed by atoms with Crippen LogP contribution in [0.25, 0.3) is 0 Å². The molecule has 144 valence electrons. The van der Waals surface area contributed by atoms with Crippen LogP contribution in [0.1, 0.15) is 31.2 Å². The lowest BCUT2D eigenvalue weighted by Gasteiger charge is -2.22. The summed E-state index contributed by atoms with van der Waals surface area (Å²) in [5.41, 5.74) is 2.94. The maximum atomic E-state index is 12.8. The fourth-order valence-electron chi connectivity index (χ4n) is 3.53. The Morgan fingerprint density at radius 2 is 1.68 bits per heavy atom. The van der Waals surface area contributed by atoms with Crippen molar-refractivity contribution in [3.05, 3.63) is 60.2 Å². The summed E-state index contributed by atoms with van der Waals surface area (Å²) in [6, 6.07) is 17.9. The van der Waals surface area contributed by atoms with Gasteiger partial charge in [-0.3, -0.25) is 9.59 Å². The molecule has 0 unspecified atom stereocenters. The van der Waals surface area contributed by atoms with Gasteiger partial charge in [0.25, 0.3) is 0 Å². The zero-order chi connectivity index (χ0) is 19.3. The summed E-state index contributed by atoms with van der Waals surface area (Å²) in [7, 11) is 0. The fourth-order valence-corrected chi connectivity index (χ4v) is 4.53. The number of fused-ring (bicyclic) bond motifs is 1. The average Bonchev–Trinajstić information content (AvgIpc) is 3.13. The molecule has 2 amide bonds. The molecular formula is C22H23N3O2S. The van der Waals surface area contributed by atoms with Gasteiger partial charge in [0.2, 0.25) is 11.8 Å². The van der Waals surface area contributed by atoms with Crippen molar-refractivity contribution in [1.29, 1.82) is 0 Å². The Kier molecular flexibility index (Phi) is 5.76. The SMILES string of the molecule is O=C(CCC(=O)N1CCCSc2ccccc21)N1CCC(c2ccccc2)=N1. The molecule has 2 aliphatic heterocycles. The van der Waals surface area contributed by atoms with Crippen LogP contribution < -0.4 is 4.90 Å². The van der Waals surface area contributed by atoms with E-state index < -0.39 is 0 Å². The van der Waals surface area contributed by atoms with Gasteiger partial charge >= 0.3 is 0 Å². The molecule has 5 nitrogen and oxygen atoms in total. The predicted molar refractivity (Wildman–Crippen MR) is 113 cm³/mol. The van der Waals surface area contributed by atoms with E-state index in [0.29, 0.717) is 13.1 Å². The second kappa shape index (κ2) is 8.61. The number of thioether (sulfide) groups is 1. The molecule has 2 heterocycles. The fraction of sp³-hybridized carbons (Fsp3) is 0.318. The predicted octanol–water partition coefficient (Wildman–Crippen LogP) is 3.93. The van der Waals surface area contributed by atoms with Crippen molar-refractivity contribution >= 4 is 35.0 Å². The van der Waals surface area contributed by atoms with Gasteiger partial charge < -0.3 is 4.90 Å². The van der Waals surface area contributed by atoms with Crippen molar-refractivity contribution in [2.45, 2.75) is 30.6 Å². The minimum Gasteiger partial charge on any atom is -0.311 e. The summed E-state index contributed by atoms with van der Waals surface area (Å²) >= 11 is 1.79. The molecule has 0 spiro atoms. The molecule has 6 heteroatoms. The number of benzene rings is 2. The molecule has 0 bridgehead atoms. The first-order chi connectivity index (χ1) is 13.7. The number of amides is 2. The van der Waals surface area contributed by atoms with Crippen LogP contribution >= 0.6 is 11.8 Å². The highest BCUT2D eigenvalue weighted by Crippen LogP contribution is 2.34. The summed E-state index contributed by atoms with van der Waals surface area (Å²) in [5, 5.41) is 5.99. The third-order valence-corrected chi connectivity index (χ3v) is 6.14. The number of hydrogen-bond donors (Lipinski definition) is 0. The van der Waals surface area contributed by atoms with Gasteiger partial charge in [-0.05, 0) is 29.9 Å². The molecule has 0 fully saturated rings. The molecule has 0 radical (unpaired) electrons. The topological polar surface area (TPSA) is 53.0 Å². The summed E-state index contributed by atoms with van der Waals surface area (Å²) < 4.78 is 0. The highest BCUT2D eigenvalue weighted by Gasteiger charge is 2.25. The van der Waals surface area contributed by atoms with Gasteiger partial charge in [-0.15, -0.1) is 11.8 Å². The van der Waals surface area contributed by atoms with Gasteiger partial charge in [-0.25, -0.2) is 5.01 Å². The number of nitrogens with zero attached hydrogens (tertiary/aromatic N) is 3. The van der Waals surface area contributed by atoms with Crippen LogP contribution in [-0.2, 0) is 9.59 Å². The van der Waals surface area contributed by atoms with Crippen LogP contribution in [0, 0.1) is 0 Å². The third-order valence-electron chi connectivity index (χ3n) is 4.99. The standard InChI is InChI=1S/C22H23N3O2S/c26-21(24-14-6-16-28-20-10-5-4-9-19(20)24)11-12-22(27)25-15-13-18(23-25)17-7-2-1-3-8-17/h1-5,7-10H,6,11-16H2. The van der Waals surface area contributed by atoms with Crippen molar-refractivity contribution in [3.63, 3.8) is 0 Å². The number of carbonyl (C=O) groups is 2. The lowest BCUT2D eigenvalue weighted by Crippen LogP contribution is -2.33. The van der Waals surface area contributed by atoms with Crippen LogP contribution in [0.3, 0.4) is 0 Å². The van der Waals surface area contributed by atoms with Crippen molar-refractivity contribution in [3.8, 4) is 0 Å². The Balaban J connectivity index is 1.38. The summed E-state index contributed by atoms with van der Waals surface area (Å²) in [6.07, 6.45) is 2.11. The lowest BCUT2D eigenvalue weighted by atomic mass is 10.1. The van der Waals surface area contributed by atoms with Gasteiger partial charge in [-0.2, -0.15) is 5.10 Å². The lowest BCUT2D eigenvalue weighted by molar-refractivity contribution is -0.132. The minimum atomic E-state index is -0.0863. The van der Waals surface area contributed by atoms with E-state index in [2.05, 4.69) is 11.2 Å². The average molecular weight is 394 g/mol. The number of hydrogen-bond acceptors (Lipinski definition) is 4. The number of hydrazone groups is 1. The van der Waals surface area contributed by atoms with Gasteiger partial charge in [0, 0.05) is 30.7 Å². The highest BCUT2D eigenvalue weighted by atomic mass is 32.2. The van der Waals surface area contributed by atoms with E-state index in [-0.39, 0.29) is 24.7 Å². The van der Waals surface area contributed by atoms with Gasteiger partial charge in [-0.1, -0.05) is 42.5 Å². The van der Waals surface area contributed by atoms with E-state index in [1.807, 2.05) is 53.4 Å². The number of rotatable bonds is 4. The van der Waals surface area contributed by atoms with Crippen molar-refractivity contribution in [1.82, 2.24) is 5.01 Å². The molecule has 0 aliphatic carbocycles. The Hall–Kier alpha value is -2.60. The largest absolute Gasteiger partial charge is 0.311 e. The molecule has 28 heavy (non-hydrogen) atoms. The van der Waals surface area contributed by atoms with Crippen LogP contribution in [0.15, 0.2) is 64.6 Å². The van der Waals surface area contributed by atoms with Crippen LogP contribution in [-0.4, -0.2) is 41.4 Å². The zero-order valence-corrected chi connectivity index (χ0v) is 16.5. The smallest absolute Gasteiger partial charge is 0.243 e. The van der Waals surface area contributed by atoms with E-state index in [0.717, 1.165) is 40.5 Å². The summed E-state index contributed by atoms with van der Waals surface area (Å²) in [4.78, 5) is 28.4. The number of anilines is 1. The van der Waals surface area contributed by atoms with Gasteiger partial charge in [0.1, 0.15) is 0 Å². The molecular weight excluding hydrogens is 370 g/mol. The van der Waals surface area contributed by atoms with Crippen molar-refractivity contribution in [2.24, 2.45) is 5.10 Å². The second-order valence-corrected chi connectivity index (χ2v) is 8.03. The van der Waals surface area contributed by atoms with E-state index in [1.54, 1.807) is 11.8 Å². The van der Waals surface area contributed by atoms with E-state index in [4.69, 9.17) is 0 Å². The number of para-hydroxylation sites is 1. The van der Waals surface area contributed by atoms with E-state index in [9.17, 15) is 9.59 Å². The molecule has 2 aromatic rings. The first kappa shape index (κ1) is 18.7. The quantitative estimate of drug-likeness (QED) is 0.791. The highest BCUT2D eigenvalue weighted by molar-refractivity contribution is 7.99. The maximum absolute atomic E-state index is 12.8. The van der Waals surface area contributed by atoms with E-state index >= 15 is 0 Å².